The van der Waals surface area contributed by atoms with Crippen molar-refractivity contribution >= 4 is 23.0 Å². The van der Waals surface area contributed by atoms with E-state index >= 15 is 0 Å². The molecule has 0 spiro atoms. The standard InChI is InChI=1S/C13H16ClFN2O3/c14-10-7-13(17(18)19)12(8-11(10)15)16-5-6-20-9-3-1-2-4-9/h7-9,16H,1-6H2. The van der Waals surface area contributed by atoms with Gasteiger partial charge in [0.25, 0.3) is 5.69 Å². The molecule has 1 aliphatic rings. The molecule has 1 saturated carbocycles. The van der Waals surface area contributed by atoms with Gasteiger partial charge in [-0.15, -0.1) is 0 Å². The summed E-state index contributed by atoms with van der Waals surface area (Å²) in [6, 6.07) is 2.05. The van der Waals surface area contributed by atoms with Gasteiger partial charge in [0.2, 0.25) is 0 Å². The predicted molar refractivity (Wildman–Crippen MR) is 74.8 cm³/mol. The minimum atomic E-state index is -0.684. The number of rotatable bonds is 6. The maximum absolute atomic E-state index is 13.4. The number of nitro benzene ring substituents is 1. The van der Waals surface area contributed by atoms with Crippen LogP contribution in [0.1, 0.15) is 25.7 Å². The summed E-state index contributed by atoms with van der Waals surface area (Å²) in [4.78, 5) is 10.3. The summed E-state index contributed by atoms with van der Waals surface area (Å²) in [5.41, 5.74) is -0.121. The fraction of sp³-hybridized carbons (Fsp3) is 0.538. The molecular weight excluding hydrogens is 287 g/mol. The maximum atomic E-state index is 13.4. The van der Waals surface area contributed by atoms with E-state index < -0.39 is 10.7 Å². The molecule has 0 aliphatic heterocycles. The van der Waals surface area contributed by atoms with Gasteiger partial charge in [-0.1, -0.05) is 24.4 Å². The van der Waals surface area contributed by atoms with E-state index in [1.54, 1.807) is 0 Å². The van der Waals surface area contributed by atoms with Gasteiger partial charge in [0.1, 0.15) is 11.5 Å². The first-order valence-corrected chi connectivity index (χ1v) is 6.94. The van der Waals surface area contributed by atoms with Crippen LogP contribution in [0.3, 0.4) is 0 Å². The van der Waals surface area contributed by atoms with Crippen molar-refractivity contribution in [3.8, 4) is 0 Å². The Hall–Kier alpha value is -1.40. The van der Waals surface area contributed by atoms with Gasteiger partial charge in [0.05, 0.1) is 22.7 Å². The number of benzene rings is 1. The first-order chi connectivity index (χ1) is 9.58. The highest BCUT2D eigenvalue weighted by atomic mass is 35.5. The molecule has 0 unspecified atom stereocenters. The molecule has 2 rings (SSSR count). The van der Waals surface area contributed by atoms with Crippen molar-refractivity contribution in [1.82, 2.24) is 0 Å². The second-order valence-electron chi connectivity index (χ2n) is 4.74. The topological polar surface area (TPSA) is 64.4 Å². The molecule has 0 atom stereocenters. The van der Waals surface area contributed by atoms with Crippen molar-refractivity contribution in [1.29, 1.82) is 0 Å². The minimum absolute atomic E-state index is 0.118. The van der Waals surface area contributed by atoms with Gasteiger partial charge in [-0.25, -0.2) is 4.39 Å². The molecule has 0 amide bonds. The van der Waals surface area contributed by atoms with Crippen LogP contribution in [0.5, 0.6) is 0 Å². The van der Waals surface area contributed by atoms with E-state index in [2.05, 4.69) is 5.32 Å². The van der Waals surface area contributed by atoms with Crippen LogP contribution in [0.2, 0.25) is 5.02 Å². The second-order valence-corrected chi connectivity index (χ2v) is 5.15. The fourth-order valence-electron chi connectivity index (χ4n) is 2.30. The number of ether oxygens (including phenoxy) is 1. The fourth-order valence-corrected chi connectivity index (χ4v) is 2.45. The number of nitrogens with one attached hydrogen (secondary N) is 1. The average Bonchev–Trinajstić information content (AvgIpc) is 2.91. The molecule has 1 aliphatic carbocycles. The Bertz CT molecular complexity index is 493. The molecule has 0 saturated heterocycles. The largest absolute Gasteiger partial charge is 0.377 e. The number of hydrogen-bond donors (Lipinski definition) is 1. The lowest BCUT2D eigenvalue weighted by molar-refractivity contribution is -0.384. The molecule has 1 aromatic carbocycles. The molecule has 0 heterocycles. The molecule has 1 N–H and O–H groups in total. The summed E-state index contributed by atoms with van der Waals surface area (Å²) in [6.07, 6.45) is 4.79. The smallest absolute Gasteiger partial charge is 0.294 e. The molecule has 0 aromatic heterocycles. The first kappa shape index (κ1) is 15.0. The van der Waals surface area contributed by atoms with Crippen molar-refractivity contribution in [3.63, 3.8) is 0 Å². The van der Waals surface area contributed by atoms with Gasteiger partial charge in [-0.2, -0.15) is 0 Å². The Morgan fingerprint density at radius 3 is 2.80 bits per heavy atom. The first-order valence-electron chi connectivity index (χ1n) is 6.57. The summed E-state index contributed by atoms with van der Waals surface area (Å²) >= 11 is 5.55. The van der Waals surface area contributed by atoms with Gasteiger partial charge in [0, 0.05) is 18.7 Å². The van der Waals surface area contributed by atoms with Crippen LogP contribution < -0.4 is 5.32 Å². The zero-order chi connectivity index (χ0) is 14.5. The van der Waals surface area contributed by atoms with E-state index in [0.29, 0.717) is 13.2 Å². The van der Waals surface area contributed by atoms with Crippen LogP contribution >= 0.6 is 11.6 Å². The number of halogens is 2. The monoisotopic (exact) mass is 302 g/mol. The molecule has 110 valence electrons. The number of nitro groups is 1. The molecule has 20 heavy (non-hydrogen) atoms. The third-order valence-corrected chi connectivity index (χ3v) is 3.60. The van der Waals surface area contributed by atoms with E-state index in [-0.39, 0.29) is 22.5 Å². The average molecular weight is 303 g/mol. The van der Waals surface area contributed by atoms with Crippen LogP contribution in [0.15, 0.2) is 12.1 Å². The van der Waals surface area contributed by atoms with Gasteiger partial charge >= 0.3 is 0 Å². The lowest BCUT2D eigenvalue weighted by Crippen LogP contribution is -2.16. The number of anilines is 1. The third-order valence-electron chi connectivity index (χ3n) is 3.31. The SMILES string of the molecule is O=[N+]([O-])c1cc(Cl)c(F)cc1NCCOC1CCCC1. The third kappa shape index (κ3) is 3.80. The Kier molecular flexibility index (Phi) is 5.14. The summed E-state index contributed by atoms with van der Waals surface area (Å²) in [5.74, 6) is -0.684. The van der Waals surface area contributed by atoms with Gasteiger partial charge in [0.15, 0.2) is 0 Å². The molecule has 1 fully saturated rings. The minimum Gasteiger partial charge on any atom is -0.377 e. The zero-order valence-electron chi connectivity index (χ0n) is 10.9. The van der Waals surface area contributed by atoms with E-state index in [1.807, 2.05) is 0 Å². The van der Waals surface area contributed by atoms with Gasteiger partial charge < -0.3 is 10.1 Å². The molecule has 0 radical (unpaired) electrons. The highest BCUT2D eigenvalue weighted by Crippen LogP contribution is 2.30. The number of hydrogen-bond acceptors (Lipinski definition) is 4. The van der Waals surface area contributed by atoms with Crippen LogP contribution in [0, 0.1) is 15.9 Å². The van der Waals surface area contributed by atoms with Crippen molar-refractivity contribution < 1.29 is 14.1 Å². The van der Waals surface area contributed by atoms with Crippen molar-refractivity contribution in [2.24, 2.45) is 0 Å². The zero-order valence-corrected chi connectivity index (χ0v) is 11.7. The summed E-state index contributed by atoms with van der Waals surface area (Å²) in [6.45, 7) is 0.824. The van der Waals surface area contributed by atoms with E-state index in [4.69, 9.17) is 16.3 Å². The Morgan fingerprint density at radius 1 is 1.45 bits per heavy atom. The summed E-state index contributed by atoms with van der Waals surface area (Å²) in [5, 5.41) is 13.4. The highest BCUT2D eigenvalue weighted by molar-refractivity contribution is 6.31. The molecule has 7 heteroatoms. The maximum Gasteiger partial charge on any atom is 0.294 e. The number of nitrogens with zero attached hydrogens (tertiary/aromatic N) is 1. The van der Waals surface area contributed by atoms with Crippen molar-refractivity contribution in [2.45, 2.75) is 31.8 Å². The molecule has 1 aromatic rings. The molecule has 5 nitrogen and oxygen atoms in total. The Labute approximate surface area is 121 Å². The van der Waals surface area contributed by atoms with Crippen molar-refractivity contribution in [2.75, 3.05) is 18.5 Å². The van der Waals surface area contributed by atoms with E-state index in [1.165, 1.54) is 12.8 Å². The highest BCUT2D eigenvalue weighted by Gasteiger charge is 2.18. The quantitative estimate of drug-likeness (QED) is 0.494. The van der Waals surface area contributed by atoms with Crippen LogP contribution in [0.4, 0.5) is 15.8 Å². The second kappa shape index (κ2) is 6.85. The Balaban J connectivity index is 1.90. The van der Waals surface area contributed by atoms with E-state index in [0.717, 1.165) is 25.0 Å². The summed E-state index contributed by atoms with van der Waals surface area (Å²) in [7, 11) is 0. The lowest BCUT2D eigenvalue weighted by atomic mass is 10.2. The van der Waals surface area contributed by atoms with Gasteiger partial charge in [-0.3, -0.25) is 10.1 Å². The van der Waals surface area contributed by atoms with Crippen LogP contribution in [-0.4, -0.2) is 24.2 Å². The molecule has 0 bridgehead atoms. The van der Waals surface area contributed by atoms with Crippen LogP contribution in [0.25, 0.3) is 0 Å². The van der Waals surface area contributed by atoms with Crippen LogP contribution in [-0.2, 0) is 4.74 Å². The van der Waals surface area contributed by atoms with Gasteiger partial charge in [-0.05, 0) is 12.8 Å². The van der Waals surface area contributed by atoms with E-state index in [9.17, 15) is 14.5 Å². The predicted octanol–water partition coefficient (Wildman–Crippen LogP) is 3.76. The van der Waals surface area contributed by atoms with Crippen molar-refractivity contribution in [3.05, 3.63) is 33.1 Å². The normalized spacial score (nSPS) is 15.5. The molecular formula is C13H16ClFN2O3. The summed E-state index contributed by atoms with van der Waals surface area (Å²) < 4.78 is 19.0. The lowest BCUT2D eigenvalue weighted by Gasteiger charge is -2.12. The Morgan fingerprint density at radius 2 is 2.15 bits per heavy atom.